The standard InChI is InChI=1S/C6H7N3O3S2/c7-3(10)1-2(5(11)12)4-8-9-6(13)14-4/h2H,1H2,(H2,7,10)(H,9,13)(H,11,12). The van der Waals surface area contributed by atoms with Crippen LogP contribution in [-0.2, 0) is 9.59 Å². The Kier molecular flexibility index (Phi) is 3.42. The summed E-state index contributed by atoms with van der Waals surface area (Å²) in [4.78, 5) is 21.3. The van der Waals surface area contributed by atoms with Gasteiger partial charge in [-0.05, 0) is 0 Å². The number of aromatic nitrogens is 2. The lowest BCUT2D eigenvalue weighted by molar-refractivity contribution is -0.140. The van der Waals surface area contributed by atoms with Crippen LogP contribution in [0.2, 0.25) is 0 Å². The van der Waals surface area contributed by atoms with E-state index in [1.807, 2.05) is 0 Å². The van der Waals surface area contributed by atoms with Crippen molar-refractivity contribution >= 4 is 35.8 Å². The van der Waals surface area contributed by atoms with Crippen molar-refractivity contribution in [2.24, 2.45) is 5.73 Å². The minimum absolute atomic E-state index is 0.237. The van der Waals surface area contributed by atoms with E-state index in [9.17, 15) is 9.59 Å². The third kappa shape index (κ3) is 2.67. The van der Waals surface area contributed by atoms with Crippen LogP contribution in [0.25, 0.3) is 0 Å². The Balaban J connectivity index is 2.88. The molecule has 1 unspecified atom stereocenters. The molecular formula is C6H7N3O3S2. The maximum Gasteiger partial charge on any atom is 0.314 e. The molecule has 1 rings (SSSR count). The first-order valence-corrected chi connectivity index (χ1v) is 4.80. The van der Waals surface area contributed by atoms with E-state index >= 15 is 0 Å². The molecule has 1 heterocycles. The van der Waals surface area contributed by atoms with Gasteiger partial charge < -0.3 is 10.8 Å². The van der Waals surface area contributed by atoms with Gasteiger partial charge >= 0.3 is 5.97 Å². The molecular weight excluding hydrogens is 226 g/mol. The number of hydrogen-bond donors (Lipinski definition) is 3. The van der Waals surface area contributed by atoms with Crippen LogP contribution in [-0.4, -0.2) is 27.2 Å². The summed E-state index contributed by atoms with van der Waals surface area (Å²) in [6, 6.07) is 0. The summed E-state index contributed by atoms with van der Waals surface area (Å²) in [5.74, 6) is -2.85. The summed E-state index contributed by atoms with van der Waals surface area (Å²) in [6.07, 6.45) is -0.280. The molecule has 0 saturated carbocycles. The molecule has 8 heteroatoms. The number of primary amides is 1. The summed E-state index contributed by atoms with van der Waals surface area (Å²) < 4.78 is 0.357. The summed E-state index contributed by atoms with van der Waals surface area (Å²) in [5.41, 5.74) is 4.91. The van der Waals surface area contributed by atoms with Crippen molar-refractivity contribution in [2.45, 2.75) is 16.7 Å². The number of hydrogen-bond acceptors (Lipinski definition) is 6. The van der Waals surface area contributed by atoms with Crippen LogP contribution >= 0.6 is 24.0 Å². The largest absolute Gasteiger partial charge is 0.481 e. The quantitative estimate of drug-likeness (QED) is 0.628. The molecule has 0 aromatic carbocycles. The van der Waals surface area contributed by atoms with Gasteiger partial charge in [-0.15, -0.1) is 22.8 Å². The fourth-order valence-corrected chi connectivity index (χ4v) is 1.85. The zero-order valence-corrected chi connectivity index (χ0v) is 8.59. The summed E-state index contributed by atoms with van der Waals surface area (Å²) >= 11 is 4.91. The lowest BCUT2D eigenvalue weighted by atomic mass is 10.1. The Hall–Kier alpha value is -1.15. The predicted octanol–water partition coefficient (Wildman–Crippen LogP) is -0.130. The van der Waals surface area contributed by atoms with Crippen molar-refractivity contribution < 1.29 is 14.7 Å². The number of rotatable bonds is 4. The highest BCUT2D eigenvalue weighted by Gasteiger charge is 2.25. The molecule has 1 amide bonds. The van der Waals surface area contributed by atoms with Gasteiger partial charge in [0, 0.05) is 6.42 Å². The number of carboxylic acid groups (broad SMARTS) is 1. The molecule has 0 bridgehead atoms. The van der Waals surface area contributed by atoms with Crippen molar-refractivity contribution in [1.29, 1.82) is 0 Å². The molecule has 0 aliphatic rings. The highest BCUT2D eigenvalue weighted by molar-refractivity contribution is 7.82. The molecule has 1 aromatic heterocycles. The highest BCUT2D eigenvalue weighted by Crippen LogP contribution is 2.24. The zero-order chi connectivity index (χ0) is 10.7. The zero-order valence-electron chi connectivity index (χ0n) is 6.88. The van der Waals surface area contributed by atoms with Gasteiger partial charge in [0.25, 0.3) is 0 Å². The maximum absolute atomic E-state index is 10.8. The lowest BCUT2D eigenvalue weighted by Gasteiger charge is -2.04. The van der Waals surface area contributed by atoms with Gasteiger partial charge in [-0.25, -0.2) is 0 Å². The number of carbonyl (C=O) groups excluding carboxylic acids is 1. The van der Waals surface area contributed by atoms with E-state index in [0.29, 0.717) is 4.34 Å². The van der Waals surface area contributed by atoms with Crippen molar-refractivity contribution in [2.75, 3.05) is 0 Å². The average Bonchev–Trinajstić information content (AvgIpc) is 2.46. The molecule has 0 aliphatic carbocycles. The van der Waals surface area contributed by atoms with E-state index in [4.69, 9.17) is 10.8 Å². The molecule has 6 nitrogen and oxygen atoms in total. The van der Waals surface area contributed by atoms with Crippen molar-refractivity contribution in [3.63, 3.8) is 0 Å². The first kappa shape index (κ1) is 10.9. The van der Waals surface area contributed by atoms with Gasteiger partial charge in [0.2, 0.25) is 5.91 Å². The topological polar surface area (TPSA) is 106 Å². The number of carboxylic acids is 1. The highest BCUT2D eigenvalue weighted by atomic mass is 32.2. The number of thiol groups is 1. The lowest BCUT2D eigenvalue weighted by Crippen LogP contribution is -2.20. The first-order valence-electron chi connectivity index (χ1n) is 3.54. The van der Waals surface area contributed by atoms with Gasteiger partial charge in [0.1, 0.15) is 10.9 Å². The Morgan fingerprint density at radius 1 is 1.57 bits per heavy atom. The van der Waals surface area contributed by atoms with Gasteiger partial charge in [-0.2, -0.15) is 0 Å². The van der Waals surface area contributed by atoms with Gasteiger partial charge in [0.05, 0.1) is 0 Å². The summed E-state index contributed by atoms with van der Waals surface area (Å²) in [7, 11) is 0. The minimum Gasteiger partial charge on any atom is -0.481 e. The van der Waals surface area contributed by atoms with Crippen LogP contribution in [0.5, 0.6) is 0 Å². The van der Waals surface area contributed by atoms with Crippen LogP contribution in [0.1, 0.15) is 17.3 Å². The Bertz CT molecular complexity index is 365. The summed E-state index contributed by atoms with van der Waals surface area (Å²) in [5, 5.41) is 16.2. The number of nitrogens with zero attached hydrogens (tertiary/aromatic N) is 2. The maximum atomic E-state index is 10.8. The first-order chi connectivity index (χ1) is 6.50. The fraction of sp³-hybridized carbons (Fsp3) is 0.333. The van der Waals surface area contributed by atoms with Crippen molar-refractivity contribution in [1.82, 2.24) is 10.2 Å². The summed E-state index contributed by atoms with van der Waals surface area (Å²) in [6.45, 7) is 0. The molecule has 0 spiro atoms. The molecule has 0 saturated heterocycles. The van der Waals surface area contributed by atoms with E-state index < -0.39 is 17.8 Å². The van der Waals surface area contributed by atoms with Crippen LogP contribution in [0, 0.1) is 0 Å². The molecule has 3 N–H and O–H groups in total. The van der Waals surface area contributed by atoms with E-state index in [1.165, 1.54) is 0 Å². The monoisotopic (exact) mass is 233 g/mol. The molecule has 0 aliphatic heterocycles. The van der Waals surface area contributed by atoms with Gasteiger partial charge in [0.15, 0.2) is 4.34 Å². The van der Waals surface area contributed by atoms with Crippen molar-refractivity contribution in [3.8, 4) is 0 Å². The Labute approximate surface area is 88.6 Å². The molecule has 1 atom stereocenters. The second-order valence-corrected chi connectivity index (χ2v) is 4.22. The minimum atomic E-state index is -1.15. The molecule has 1 aromatic rings. The number of nitrogens with two attached hydrogens (primary N) is 1. The van der Waals surface area contributed by atoms with Crippen LogP contribution < -0.4 is 5.73 Å². The molecule has 76 valence electrons. The molecule has 0 fully saturated rings. The third-order valence-corrected chi connectivity index (χ3v) is 2.63. The van der Waals surface area contributed by atoms with Crippen LogP contribution in [0.3, 0.4) is 0 Å². The predicted molar refractivity (Wildman–Crippen MR) is 51.3 cm³/mol. The molecule has 14 heavy (non-hydrogen) atoms. The van der Waals surface area contributed by atoms with Crippen LogP contribution in [0.15, 0.2) is 4.34 Å². The van der Waals surface area contributed by atoms with E-state index in [2.05, 4.69) is 22.8 Å². The van der Waals surface area contributed by atoms with E-state index in [1.54, 1.807) is 0 Å². The Morgan fingerprint density at radius 2 is 2.21 bits per heavy atom. The fourth-order valence-electron chi connectivity index (χ4n) is 0.849. The van der Waals surface area contributed by atoms with Gasteiger partial charge in [-0.1, -0.05) is 11.3 Å². The number of amides is 1. The second kappa shape index (κ2) is 4.38. The Morgan fingerprint density at radius 3 is 2.57 bits per heavy atom. The smallest absolute Gasteiger partial charge is 0.314 e. The van der Waals surface area contributed by atoms with E-state index in [0.717, 1.165) is 11.3 Å². The van der Waals surface area contributed by atoms with Crippen LogP contribution in [0.4, 0.5) is 0 Å². The third-order valence-electron chi connectivity index (χ3n) is 1.43. The second-order valence-electron chi connectivity index (χ2n) is 2.48. The number of aliphatic carboxylic acids is 1. The van der Waals surface area contributed by atoms with Crippen molar-refractivity contribution in [3.05, 3.63) is 5.01 Å². The normalized spacial score (nSPS) is 12.4. The molecule has 0 radical (unpaired) electrons. The number of carbonyl (C=O) groups is 2. The SMILES string of the molecule is NC(=O)CC(C(=O)O)c1nnc(S)s1. The van der Waals surface area contributed by atoms with Gasteiger partial charge in [-0.3, -0.25) is 9.59 Å². The van der Waals surface area contributed by atoms with E-state index in [-0.39, 0.29) is 11.4 Å². The average molecular weight is 233 g/mol.